The average molecular weight is 809 g/mol. The van der Waals surface area contributed by atoms with Crippen molar-refractivity contribution in [3.63, 3.8) is 0 Å². The molecule has 4 aliphatic rings. The van der Waals surface area contributed by atoms with Gasteiger partial charge in [-0.2, -0.15) is 0 Å². The van der Waals surface area contributed by atoms with Gasteiger partial charge in [0, 0.05) is 12.8 Å². The van der Waals surface area contributed by atoms with Crippen LogP contribution >= 0.6 is 0 Å². The molecule has 0 radical (unpaired) electrons. The van der Waals surface area contributed by atoms with Gasteiger partial charge in [0.15, 0.2) is 0 Å². The summed E-state index contributed by atoms with van der Waals surface area (Å²) in [4.78, 5) is 27.5. The Morgan fingerprint density at radius 3 is 2.02 bits per heavy atom. The maximum atomic E-state index is 14.1. The first-order valence-electron chi connectivity index (χ1n) is 24.2. The highest BCUT2D eigenvalue weighted by atomic mass is 16.6. The second kappa shape index (κ2) is 22.2. The predicted molar refractivity (Wildman–Crippen MR) is 233 cm³/mol. The third-order valence-electron chi connectivity index (χ3n) is 16.6. The van der Waals surface area contributed by atoms with Crippen LogP contribution in [0.15, 0.2) is 30.3 Å². The molecule has 0 aromatic heterocycles. The number of ether oxygens (including phenoxy) is 3. The van der Waals surface area contributed by atoms with E-state index in [2.05, 4.69) is 53.7 Å². The number of hydrogen-bond acceptors (Lipinski definition) is 7. The summed E-state index contributed by atoms with van der Waals surface area (Å²) in [5, 5.41) is 22.7. The summed E-state index contributed by atoms with van der Waals surface area (Å²) in [6.45, 7) is 16.2. The van der Waals surface area contributed by atoms with E-state index in [1.807, 2.05) is 25.1 Å². The molecule has 3 saturated carbocycles. The summed E-state index contributed by atoms with van der Waals surface area (Å²) in [5.41, 5.74) is 0.721. The SMILES string of the molecule is CCCCCCCCCCCCCCCC(=O)O[C@@H]1C[C@@H]2C(=O)OC[C@@H]3[C@H](CC[C@]4(C)[C@@H]([C@H](C)[C@@H](O)[C@H](O)[C@H](C)C(C)C)CC[C@@H]34)[C@@]2(C)C[C@H]1OCc1ccccc1. The Morgan fingerprint density at radius 1 is 0.793 bits per heavy atom. The topological polar surface area (TPSA) is 102 Å². The quantitative estimate of drug-likeness (QED) is 0.0838. The number of esters is 2. The number of rotatable bonds is 23. The number of unbranched alkanes of at least 4 members (excludes halogenated alkanes) is 12. The molecule has 0 unspecified atom stereocenters. The van der Waals surface area contributed by atoms with Gasteiger partial charge in [-0.3, -0.25) is 9.59 Å². The maximum absolute atomic E-state index is 14.1. The molecule has 1 saturated heterocycles. The van der Waals surface area contributed by atoms with E-state index in [0.717, 1.165) is 50.5 Å². The van der Waals surface area contributed by atoms with Gasteiger partial charge < -0.3 is 24.4 Å². The second-order valence-corrected chi connectivity index (χ2v) is 20.5. The van der Waals surface area contributed by atoms with E-state index >= 15 is 0 Å². The zero-order chi connectivity index (χ0) is 41.9. The van der Waals surface area contributed by atoms with E-state index in [0.29, 0.717) is 38.4 Å². The molecule has 330 valence electrons. The van der Waals surface area contributed by atoms with Crippen LogP contribution in [0, 0.1) is 58.2 Å². The maximum Gasteiger partial charge on any atom is 0.309 e. The van der Waals surface area contributed by atoms with Crippen molar-refractivity contribution in [2.45, 2.75) is 208 Å². The Hall–Kier alpha value is -1.96. The molecule has 1 aromatic carbocycles. The number of aliphatic hydroxyl groups is 2. The van der Waals surface area contributed by atoms with E-state index in [9.17, 15) is 19.8 Å². The van der Waals surface area contributed by atoms with Gasteiger partial charge in [0.1, 0.15) is 6.10 Å². The van der Waals surface area contributed by atoms with Crippen molar-refractivity contribution >= 4 is 11.9 Å². The Kier molecular flexibility index (Phi) is 18.0. The number of benzene rings is 1. The lowest BCUT2D eigenvalue weighted by atomic mass is 9.48. The number of cyclic esters (lactones) is 1. The van der Waals surface area contributed by atoms with Crippen molar-refractivity contribution in [3.8, 4) is 0 Å². The molecule has 1 aliphatic heterocycles. The first-order chi connectivity index (χ1) is 27.8. The molecule has 5 rings (SSSR count). The number of fused-ring (bicyclic) bond motifs is 5. The van der Waals surface area contributed by atoms with Gasteiger partial charge in [-0.05, 0) is 96.3 Å². The normalized spacial score (nSPS) is 32.9. The van der Waals surface area contributed by atoms with Crippen molar-refractivity contribution < 1.29 is 34.0 Å². The van der Waals surface area contributed by atoms with Gasteiger partial charge in [0.2, 0.25) is 0 Å². The molecule has 4 fully saturated rings. The van der Waals surface area contributed by atoms with Crippen LogP contribution in [-0.4, -0.2) is 53.2 Å². The Morgan fingerprint density at radius 2 is 1.40 bits per heavy atom. The molecule has 2 N–H and O–H groups in total. The van der Waals surface area contributed by atoms with E-state index in [-0.39, 0.29) is 70.3 Å². The number of hydrogen-bond donors (Lipinski definition) is 2. The summed E-state index contributed by atoms with van der Waals surface area (Å²) in [6.07, 6.45) is 19.6. The van der Waals surface area contributed by atoms with E-state index in [1.165, 1.54) is 64.2 Å². The molecule has 1 aromatic rings. The van der Waals surface area contributed by atoms with Crippen LogP contribution < -0.4 is 0 Å². The largest absolute Gasteiger partial charge is 0.465 e. The highest BCUT2D eigenvalue weighted by molar-refractivity contribution is 5.74. The summed E-state index contributed by atoms with van der Waals surface area (Å²) < 4.78 is 19.3. The standard InChI is InChI=1S/C51H84O7/c1-8-9-10-11-12-13-14-15-16-17-18-19-23-26-46(52)58-44-31-43-49(55)57-34-39-41-28-27-40(37(5)48(54)47(53)36(4)35(2)3)50(41,6)30-29-42(39)51(43,7)32-45(44)56-33-38-24-21-20-22-25-38/h20-22,24-25,35-37,39-45,47-48,53-54H,8-19,23,26-34H2,1-7H3/t36-,37+,39+,40-,41+,42+,43-,44-,45-,47-,48-,50-,51-/m1/s1. The molecular weight excluding hydrogens is 725 g/mol. The van der Waals surface area contributed by atoms with Gasteiger partial charge in [-0.25, -0.2) is 0 Å². The first kappa shape index (κ1) is 47.1. The summed E-state index contributed by atoms with van der Waals surface area (Å²) in [6, 6.07) is 10.2. The Bertz CT molecular complexity index is 1380. The molecule has 1 heterocycles. The first-order valence-corrected chi connectivity index (χ1v) is 24.2. The van der Waals surface area contributed by atoms with Crippen LogP contribution in [0.25, 0.3) is 0 Å². The van der Waals surface area contributed by atoms with E-state index < -0.39 is 18.3 Å². The van der Waals surface area contributed by atoms with E-state index in [1.54, 1.807) is 0 Å². The Labute approximate surface area is 353 Å². The molecule has 3 aliphatic carbocycles. The summed E-state index contributed by atoms with van der Waals surface area (Å²) >= 11 is 0. The highest BCUT2D eigenvalue weighted by Gasteiger charge is 2.63. The zero-order valence-electron chi connectivity index (χ0n) is 37.8. The fourth-order valence-corrected chi connectivity index (χ4v) is 12.5. The zero-order valence-corrected chi connectivity index (χ0v) is 37.8. The van der Waals surface area contributed by atoms with Crippen LogP contribution in [0.3, 0.4) is 0 Å². The molecule has 0 bridgehead atoms. The molecule has 0 amide bonds. The lowest BCUT2D eigenvalue weighted by Gasteiger charge is -2.56. The van der Waals surface area contributed by atoms with Crippen molar-refractivity contribution in [2.75, 3.05) is 6.61 Å². The van der Waals surface area contributed by atoms with Gasteiger partial charge in [0.05, 0.1) is 37.4 Å². The third-order valence-corrected chi connectivity index (χ3v) is 16.6. The number of aliphatic hydroxyl groups excluding tert-OH is 2. The monoisotopic (exact) mass is 809 g/mol. The number of carbonyl (C=O) groups is 2. The van der Waals surface area contributed by atoms with Crippen LogP contribution in [0.2, 0.25) is 0 Å². The minimum Gasteiger partial charge on any atom is -0.465 e. The summed E-state index contributed by atoms with van der Waals surface area (Å²) in [5.74, 6) is 0.738. The lowest BCUT2D eigenvalue weighted by molar-refractivity contribution is -0.186. The highest BCUT2D eigenvalue weighted by Crippen LogP contribution is 2.66. The van der Waals surface area contributed by atoms with Crippen LogP contribution in [0.1, 0.15) is 182 Å². The predicted octanol–water partition coefficient (Wildman–Crippen LogP) is 11.6. The lowest BCUT2D eigenvalue weighted by Crippen LogP contribution is -2.56. The minimum absolute atomic E-state index is 0.00551. The summed E-state index contributed by atoms with van der Waals surface area (Å²) in [7, 11) is 0. The van der Waals surface area contributed by atoms with Gasteiger partial charge in [-0.1, -0.05) is 156 Å². The van der Waals surface area contributed by atoms with Crippen molar-refractivity contribution in [1.82, 2.24) is 0 Å². The van der Waals surface area contributed by atoms with Crippen LogP contribution in [-0.2, 0) is 30.4 Å². The molecule has 0 spiro atoms. The van der Waals surface area contributed by atoms with Crippen molar-refractivity contribution in [2.24, 2.45) is 58.2 Å². The minimum atomic E-state index is -0.769. The van der Waals surface area contributed by atoms with Crippen LogP contribution in [0.4, 0.5) is 0 Å². The molecule has 7 heteroatoms. The fourth-order valence-electron chi connectivity index (χ4n) is 12.5. The van der Waals surface area contributed by atoms with Crippen LogP contribution in [0.5, 0.6) is 0 Å². The van der Waals surface area contributed by atoms with Crippen molar-refractivity contribution in [1.29, 1.82) is 0 Å². The van der Waals surface area contributed by atoms with Gasteiger partial charge in [-0.15, -0.1) is 0 Å². The molecule has 7 nitrogen and oxygen atoms in total. The third kappa shape index (κ3) is 11.5. The molecular formula is C51H84O7. The van der Waals surface area contributed by atoms with E-state index in [4.69, 9.17) is 14.2 Å². The molecule has 13 atom stereocenters. The smallest absolute Gasteiger partial charge is 0.309 e. The average Bonchev–Trinajstić information content (AvgIpc) is 3.52. The second-order valence-electron chi connectivity index (χ2n) is 20.5. The fraction of sp³-hybridized carbons (Fsp3) is 0.843. The molecule has 58 heavy (non-hydrogen) atoms. The van der Waals surface area contributed by atoms with Crippen molar-refractivity contribution in [3.05, 3.63) is 35.9 Å². The van der Waals surface area contributed by atoms with Gasteiger partial charge >= 0.3 is 11.9 Å². The number of carbonyl (C=O) groups excluding carboxylic acids is 2. The Balaban J connectivity index is 1.20. The van der Waals surface area contributed by atoms with Gasteiger partial charge in [0.25, 0.3) is 0 Å².